The van der Waals surface area contributed by atoms with Crippen molar-refractivity contribution < 1.29 is 28.3 Å². The highest BCUT2D eigenvalue weighted by atomic mass is 31.2. The van der Waals surface area contributed by atoms with Gasteiger partial charge < -0.3 is 15.2 Å². The van der Waals surface area contributed by atoms with Crippen molar-refractivity contribution in [1.82, 2.24) is 10.2 Å². The van der Waals surface area contributed by atoms with Crippen molar-refractivity contribution in [2.75, 3.05) is 31.3 Å². The van der Waals surface area contributed by atoms with E-state index in [9.17, 15) is 23.7 Å². The molecule has 2 unspecified atom stereocenters. The summed E-state index contributed by atoms with van der Waals surface area (Å²) in [5, 5.41) is 5.86. The van der Waals surface area contributed by atoms with Crippen molar-refractivity contribution in [2.45, 2.75) is 52.0 Å². The average Bonchev–Trinajstić information content (AvgIpc) is 3.30. The molecule has 0 saturated carbocycles. The number of hydrogen-bond donors (Lipinski definition) is 2. The fourth-order valence-corrected chi connectivity index (χ4v) is 7.93. The lowest BCUT2D eigenvalue weighted by Gasteiger charge is -2.26. The first-order valence-electron chi connectivity index (χ1n) is 15.9. The molecule has 0 aromatic heterocycles. The summed E-state index contributed by atoms with van der Waals surface area (Å²) in [6.45, 7) is 4.19. The summed E-state index contributed by atoms with van der Waals surface area (Å²) in [7, 11) is -1.89. The Kier molecular flexibility index (Phi) is 12.5. The Morgan fingerprint density at radius 2 is 1.41 bits per heavy atom. The fourth-order valence-electron chi connectivity index (χ4n) is 5.69. The molecule has 4 rings (SSSR count). The van der Waals surface area contributed by atoms with Crippen molar-refractivity contribution in [2.24, 2.45) is 11.8 Å². The van der Waals surface area contributed by atoms with Crippen molar-refractivity contribution in [3.05, 3.63) is 102 Å². The lowest BCUT2D eigenvalue weighted by molar-refractivity contribution is -0.129. The van der Waals surface area contributed by atoms with E-state index in [-0.39, 0.29) is 48.4 Å². The molecular formula is C36H44N3O6P. The van der Waals surface area contributed by atoms with Crippen LogP contribution in [0.25, 0.3) is 0 Å². The number of para-hydroxylation sites is 1. The van der Waals surface area contributed by atoms with Crippen LogP contribution in [0.2, 0.25) is 0 Å². The van der Waals surface area contributed by atoms with Gasteiger partial charge in [0.25, 0.3) is 11.8 Å². The maximum absolute atomic E-state index is 14.0. The second-order valence-electron chi connectivity index (χ2n) is 12.2. The van der Waals surface area contributed by atoms with E-state index < -0.39 is 19.3 Å². The van der Waals surface area contributed by atoms with Crippen LogP contribution in [0.5, 0.6) is 0 Å². The number of unbranched alkanes of at least 4 members (excludes halogenated alkanes) is 1. The molecule has 1 aliphatic heterocycles. The minimum atomic E-state index is -3.28. The Morgan fingerprint density at radius 1 is 0.826 bits per heavy atom. The van der Waals surface area contributed by atoms with E-state index in [0.29, 0.717) is 48.9 Å². The molecular weight excluding hydrogens is 601 g/mol. The second-order valence-corrected chi connectivity index (χ2v) is 15.0. The van der Waals surface area contributed by atoms with Crippen LogP contribution in [0.1, 0.15) is 65.8 Å². The largest absolute Gasteiger partial charge is 0.344 e. The highest BCUT2D eigenvalue weighted by Gasteiger charge is 2.36. The van der Waals surface area contributed by atoms with Gasteiger partial charge in [0.2, 0.25) is 19.2 Å². The van der Waals surface area contributed by atoms with E-state index in [1.807, 2.05) is 62.4 Å². The van der Waals surface area contributed by atoms with Gasteiger partial charge in [0.15, 0.2) is 0 Å². The van der Waals surface area contributed by atoms with E-state index in [4.69, 9.17) is 4.52 Å². The molecule has 46 heavy (non-hydrogen) atoms. The molecule has 2 N–H and O–H groups in total. The fraction of sp³-hybridized carbons (Fsp3) is 0.389. The lowest BCUT2D eigenvalue weighted by Crippen LogP contribution is -2.47. The molecule has 244 valence electrons. The van der Waals surface area contributed by atoms with Gasteiger partial charge in [-0.25, -0.2) is 0 Å². The third-order valence-corrected chi connectivity index (χ3v) is 10.9. The molecule has 0 spiro atoms. The Labute approximate surface area is 271 Å². The molecule has 1 heterocycles. The standard InChI is InChI=1S/C36H44N3O6P/c1-26(2)24-32(34(41)37-29-16-8-5-9-17-29)38-33(40)28(21-20-27-14-6-4-7-15-27)25-46(44,45-3)23-13-12-22-39-35(42)30-18-10-11-19-31(30)36(39)43/h4-11,14-19,26,28,32H,12-13,20-25H2,1-3H3,(H,37,41)(H,38,40)/t28?,32-,46?/m0/s1. The van der Waals surface area contributed by atoms with Gasteiger partial charge in [-0.1, -0.05) is 74.5 Å². The van der Waals surface area contributed by atoms with Crippen LogP contribution in [-0.2, 0) is 25.1 Å². The molecule has 0 fully saturated rings. The van der Waals surface area contributed by atoms with Crippen molar-refractivity contribution in [3.63, 3.8) is 0 Å². The van der Waals surface area contributed by atoms with Crippen molar-refractivity contribution in [1.29, 1.82) is 0 Å². The minimum absolute atomic E-state index is 0.0177. The topological polar surface area (TPSA) is 122 Å². The summed E-state index contributed by atoms with van der Waals surface area (Å²) in [4.78, 5) is 53.8. The van der Waals surface area contributed by atoms with E-state index in [1.54, 1.807) is 36.4 Å². The summed E-state index contributed by atoms with van der Waals surface area (Å²) in [6.07, 6.45) is 2.57. The molecule has 0 radical (unpaired) electrons. The third-order valence-electron chi connectivity index (χ3n) is 8.22. The average molecular weight is 646 g/mol. The van der Waals surface area contributed by atoms with Gasteiger partial charge in [0.1, 0.15) is 6.04 Å². The van der Waals surface area contributed by atoms with Crippen LogP contribution in [-0.4, -0.2) is 60.5 Å². The molecule has 1 aliphatic rings. The quantitative estimate of drug-likeness (QED) is 0.0995. The van der Waals surface area contributed by atoms with E-state index in [2.05, 4.69) is 10.6 Å². The lowest BCUT2D eigenvalue weighted by atomic mass is 9.98. The number of nitrogens with zero attached hydrogens (tertiary/aromatic N) is 1. The van der Waals surface area contributed by atoms with Crippen LogP contribution in [0, 0.1) is 11.8 Å². The highest BCUT2D eigenvalue weighted by molar-refractivity contribution is 7.59. The number of nitrogens with one attached hydrogen (secondary N) is 2. The number of amides is 4. The number of benzene rings is 3. The molecule has 3 aromatic carbocycles. The van der Waals surface area contributed by atoms with E-state index >= 15 is 0 Å². The molecule has 0 saturated heterocycles. The summed E-state index contributed by atoms with van der Waals surface area (Å²) in [5.74, 6) is -1.81. The van der Waals surface area contributed by atoms with Crippen LogP contribution in [0.15, 0.2) is 84.9 Å². The van der Waals surface area contributed by atoms with Gasteiger partial charge in [-0.15, -0.1) is 0 Å². The van der Waals surface area contributed by atoms with E-state index in [0.717, 1.165) is 5.56 Å². The normalized spacial score (nSPS) is 15.3. The summed E-state index contributed by atoms with van der Waals surface area (Å²) in [6, 6.07) is 24.8. The minimum Gasteiger partial charge on any atom is -0.344 e. The number of aryl methyl sites for hydroxylation is 1. The molecule has 3 atom stereocenters. The Hall–Kier alpha value is -4.07. The number of rotatable bonds is 17. The van der Waals surface area contributed by atoms with Gasteiger partial charge >= 0.3 is 0 Å². The zero-order valence-corrected chi connectivity index (χ0v) is 27.7. The zero-order valence-electron chi connectivity index (χ0n) is 26.8. The maximum atomic E-state index is 14.0. The van der Waals surface area contributed by atoms with Crippen LogP contribution >= 0.6 is 7.37 Å². The Bertz CT molecular complexity index is 1510. The maximum Gasteiger partial charge on any atom is 0.261 e. The number of carbonyl (C=O) groups excluding carboxylic acids is 4. The first kappa shape index (κ1) is 34.8. The van der Waals surface area contributed by atoms with Gasteiger partial charge in [-0.3, -0.25) is 28.6 Å². The van der Waals surface area contributed by atoms with Gasteiger partial charge in [-0.2, -0.15) is 0 Å². The van der Waals surface area contributed by atoms with Crippen LogP contribution in [0.3, 0.4) is 0 Å². The van der Waals surface area contributed by atoms with Crippen LogP contribution in [0.4, 0.5) is 5.69 Å². The monoisotopic (exact) mass is 645 g/mol. The smallest absolute Gasteiger partial charge is 0.261 e. The molecule has 0 bridgehead atoms. The predicted octanol–water partition coefficient (Wildman–Crippen LogP) is 6.41. The third kappa shape index (κ3) is 9.47. The highest BCUT2D eigenvalue weighted by Crippen LogP contribution is 2.49. The van der Waals surface area contributed by atoms with E-state index in [1.165, 1.54) is 12.0 Å². The number of hydrogen-bond acceptors (Lipinski definition) is 6. The number of carbonyl (C=O) groups is 4. The summed E-state index contributed by atoms with van der Waals surface area (Å²) < 4.78 is 19.6. The van der Waals surface area contributed by atoms with Crippen LogP contribution < -0.4 is 10.6 Å². The summed E-state index contributed by atoms with van der Waals surface area (Å²) >= 11 is 0. The number of fused-ring (bicyclic) bond motifs is 1. The molecule has 9 nitrogen and oxygen atoms in total. The SMILES string of the molecule is COP(=O)(CCCCN1C(=O)c2ccccc2C1=O)CC(CCc1ccccc1)C(=O)N[C@@H](CC(C)C)C(=O)Nc1ccccc1. The predicted molar refractivity (Wildman–Crippen MR) is 180 cm³/mol. The van der Waals surface area contributed by atoms with Crippen molar-refractivity contribution in [3.8, 4) is 0 Å². The number of anilines is 1. The first-order valence-corrected chi connectivity index (χ1v) is 17.9. The molecule has 3 aromatic rings. The van der Waals surface area contributed by atoms with Crippen molar-refractivity contribution >= 4 is 36.7 Å². The Balaban J connectivity index is 1.42. The zero-order chi connectivity index (χ0) is 33.1. The Morgan fingerprint density at radius 3 is 2.00 bits per heavy atom. The first-order chi connectivity index (χ1) is 22.1. The molecule has 4 amide bonds. The molecule has 0 aliphatic carbocycles. The number of imide groups is 1. The second kappa shape index (κ2) is 16.5. The summed E-state index contributed by atoms with van der Waals surface area (Å²) in [5.41, 5.74) is 2.49. The molecule has 10 heteroatoms. The van der Waals surface area contributed by atoms with Gasteiger partial charge in [-0.05, 0) is 67.9 Å². The van der Waals surface area contributed by atoms with Gasteiger partial charge in [0, 0.05) is 37.6 Å². The van der Waals surface area contributed by atoms with Gasteiger partial charge in [0.05, 0.1) is 11.1 Å².